The zero-order valence-electron chi connectivity index (χ0n) is 6.06. The van der Waals surface area contributed by atoms with Gasteiger partial charge in [-0.3, -0.25) is 0 Å². The molecule has 0 aliphatic rings. The molecule has 12 heavy (non-hydrogen) atoms. The quantitative estimate of drug-likeness (QED) is 0.627. The molecule has 2 rings (SSSR count). The zero-order valence-corrected chi connectivity index (χ0v) is 6.06. The Bertz CT molecular complexity index is 465. The van der Waals surface area contributed by atoms with Crippen molar-refractivity contribution in [2.45, 2.75) is 0 Å². The van der Waals surface area contributed by atoms with Crippen LogP contribution in [0.25, 0.3) is 10.9 Å². The summed E-state index contributed by atoms with van der Waals surface area (Å²) in [6, 6.07) is 7.40. The lowest BCUT2D eigenvalue weighted by Gasteiger charge is -1.89. The summed E-state index contributed by atoms with van der Waals surface area (Å²) in [5.41, 5.74) is 0.811. The molecule has 1 aromatic heterocycles. The molecule has 1 aromatic carbocycles. The summed E-state index contributed by atoms with van der Waals surface area (Å²) in [6.45, 7) is 0. The van der Waals surface area contributed by atoms with Crippen molar-refractivity contribution < 1.29 is 4.39 Å². The molecule has 0 saturated carbocycles. The van der Waals surface area contributed by atoms with Crippen molar-refractivity contribution in [1.82, 2.24) is 4.98 Å². The van der Waals surface area contributed by atoms with E-state index in [4.69, 9.17) is 5.26 Å². The Balaban J connectivity index is 2.91. The lowest BCUT2D eigenvalue weighted by atomic mass is 10.2. The molecule has 3 heteroatoms. The third kappa shape index (κ3) is 0.785. The molecule has 0 aliphatic carbocycles. The summed E-state index contributed by atoms with van der Waals surface area (Å²) in [7, 11) is 0. The predicted octanol–water partition coefficient (Wildman–Crippen LogP) is 1.98. The first-order valence-electron chi connectivity index (χ1n) is 3.39. The Hall–Kier alpha value is -1.82. The summed E-state index contributed by atoms with van der Waals surface area (Å²) in [5, 5.41) is 9.19. The van der Waals surface area contributed by atoms with Gasteiger partial charge < -0.3 is 4.98 Å². The highest BCUT2D eigenvalue weighted by molar-refractivity contribution is 5.85. The van der Waals surface area contributed by atoms with Gasteiger partial charge in [0.25, 0.3) is 0 Å². The van der Waals surface area contributed by atoms with Crippen LogP contribution in [-0.4, -0.2) is 4.98 Å². The fraction of sp³-hybridized carbons (Fsp3) is 0. The van der Waals surface area contributed by atoms with Crippen LogP contribution in [0.5, 0.6) is 0 Å². The normalized spacial score (nSPS) is 10.0. The standard InChI is InChI=1S/C9H4FN2/c10-8-3-1-2-7-6(4-11)5-12-9(7)8/h2-3,5,12H. The number of aromatic nitrogens is 1. The van der Waals surface area contributed by atoms with Crippen LogP contribution in [0.3, 0.4) is 0 Å². The van der Waals surface area contributed by atoms with Gasteiger partial charge in [0.15, 0.2) is 0 Å². The minimum absolute atomic E-state index is 0.366. The number of H-pyrrole nitrogens is 1. The highest BCUT2D eigenvalue weighted by Crippen LogP contribution is 2.19. The highest BCUT2D eigenvalue weighted by atomic mass is 19.1. The Morgan fingerprint density at radius 3 is 3.08 bits per heavy atom. The van der Waals surface area contributed by atoms with Crippen molar-refractivity contribution in [3.8, 4) is 6.07 Å². The second-order valence-corrected chi connectivity index (χ2v) is 2.41. The molecule has 0 saturated heterocycles. The largest absolute Gasteiger partial charge is 0.357 e. The summed E-state index contributed by atoms with van der Waals surface area (Å²) in [4.78, 5) is 2.69. The minimum Gasteiger partial charge on any atom is -0.357 e. The number of aromatic amines is 1. The van der Waals surface area contributed by atoms with E-state index in [-0.39, 0.29) is 5.82 Å². The maximum Gasteiger partial charge on any atom is 0.147 e. The van der Waals surface area contributed by atoms with Crippen molar-refractivity contribution in [2.75, 3.05) is 0 Å². The van der Waals surface area contributed by atoms with Gasteiger partial charge in [0.2, 0.25) is 0 Å². The number of nitrogens with zero attached hydrogens (tertiary/aromatic N) is 1. The van der Waals surface area contributed by atoms with Crippen LogP contribution in [0.15, 0.2) is 18.3 Å². The molecule has 2 aromatic rings. The summed E-state index contributed by atoms with van der Waals surface area (Å²) >= 11 is 0. The van der Waals surface area contributed by atoms with Crippen molar-refractivity contribution in [1.29, 1.82) is 5.26 Å². The second kappa shape index (κ2) is 2.35. The van der Waals surface area contributed by atoms with E-state index in [1.807, 2.05) is 6.07 Å². The zero-order chi connectivity index (χ0) is 8.55. The molecular weight excluding hydrogens is 155 g/mol. The van der Waals surface area contributed by atoms with Crippen LogP contribution in [0.1, 0.15) is 5.56 Å². The van der Waals surface area contributed by atoms with Crippen LogP contribution in [0.4, 0.5) is 4.39 Å². The molecule has 57 valence electrons. The first kappa shape index (κ1) is 6.86. The smallest absolute Gasteiger partial charge is 0.147 e. The maximum absolute atomic E-state index is 13.0. The first-order valence-corrected chi connectivity index (χ1v) is 3.39. The van der Waals surface area contributed by atoms with Crippen LogP contribution in [0.2, 0.25) is 0 Å². The summed E-state index contributed by atoms with van der Waals surface area (Å²) in [5.74, 6) is -0.381. The van der Waals surface area contributed by atoms with Gasteiger partial charge in [-0.05, 0) is 18.2 Å². The van der Waals surface area contributed by atoms with Gasteiger partial charge in [0.1, 0.15) is 11.9 Å². The van der Waals surface area contributed by atoms with Crippen molar-refractivity contribution in [3.63, 3.8) is 0 Å². The van der Waals surface area contributed by atoms with Crippen molar-refractivity contribution in [2.24, 2.45) is 0 Å². The average Bonchev–Trinajstić information content (AvgIpc) is 2.49. The number of rotatable bonds is 0. The fourth-order valence-electron chi connectivity index (χ4n) is 1.14. The van der Waals surface area contributed by atoms with E-state index >= 15 is 0 Å². The topological polar surface area (TPSA) is 39.6 Å². The molecular formula is C9H4FN2. The van der Waals surface area contributed by atoms with Crippen LogP contribution < -0.4 is 0 Å². The van der Waals surface area contributed by atoms with Gasteiger partial charge in [-0.1, -0.05) is 0 Å². The highest BCUT2D eigenvalue weighted by Gasteiger charge is 2.05. The van der Waals surface area contributed by atoms with E-state index in [1.54, 1.807) is 6.07 Å². The average molecular weight is 159 g/mol. The molecule has 1 N–H and O–H groups in total. The van der Waals surface area contributed by atoms with Crippen LogP contribution in [0, 0.1) is 23.2 Å². The maximum atomic E-state index is 13.0. The molecule has 0 atom stereocenters. The monoisotopic (exact) mass is 159 g/mol. The third-order valence-corrected chi connectivity index (χ3v) is 1.72. The number of hydrogen-bond donors (Lipinski definition) is 1. The van der Waals surface area contributed by atoms with E-state index in [0.29, 0.717) is 16.5 Å². The van der Waals surface area contributed by atoms with Crippen molar-refractivity contribution in [3.05, 3.63) is 35.8 Å². The summed E-state index contributed by atoms with van der Waals surface area (Å²) < 4.78 is 13.0. The molecule has 1 heterocycles. The van der Waals surface area contributed by atoms with Gasteiger partial charge in [0, 0.05) is 11.6 Å². The van der Waals surface area contributed by atoms with E-state index in [9.17, 15) is 4.39 Å². The predicted molar refractivity (Wildman–Crippen MR) is 41.8 cm³/mol. The molecule has 0 amide bonds. The Morgan fingerprint density at radius 1 is 1.50 bits per heavy atom. The summed E-state index contributed by atoms with van der Waals surface area (Å²) in [6.07, 6.45) is 1.49. The first-order chi connectivity index (χ1) is 5.83. The number of benzene rings is 1. The minimum atomic E-state index is -0.381. The third-order valence-electron chi connectivity index (χ3n) is 1.72. The number of hydrogen-bond acceptors (Lipinski definition) is 1. The van der Waals surface area contributed by atoms with E-state index in [2.05, 4.69) is 11.1 Å². The lowest BCUT2D eigenvalue weighted by molar-refractivity contribution is 0.637. The van der Waals surface area contributed by atoms with Gasteiger partial charge in [-0.15, -0.1) is 0 Å². The molecule has 0 bridgehead atoms. The number of nitriles is 1. The molecule has 1 radical (unpaired) electrons. The fourth-order valence-corrected chi connectivity index (χ4v) is 1.14. The SMILES string of the molecule is N#Cc1c[nH]c2c(F)c[c]cc12. The van der Waals surface area contributed by atoms with Crippen LogP contribution >= 0.6 is 0 Å². The lowest BCUT2D eigenvalue weighted by Crippen LogP contribution is -1.76. The Kier molecular flexibility index (Phi) is 1.34. The number of fused-ring (bicyclic) bond motifs is 1. The number of nitrogens with one attached hydrogen (secondary N) is 1. The van der Waals surface area contributed by atoms with Gasteiger partial charge in [-0.2, -0.15) is 5.26 Å². The van der Waals surface area contributed by atoms with Crippen molar-refractivity contribution >= 4 is 10.9 Å². The van der Waals surface area contributed by atoms with E-state index in [0.717, 1.165) is 0 Å². The van der Waals surface area contributed by atoms with Gasteiger partial charge >= 0.3 is 0 Å². The van der Waals surface area contributed by atoms with Gasteiger partial charge in [0.05, 0.1) is 11.1 Å². The van der Waals surface area contributed by atoms with Crippen LogP contribution in [-0.2, 0) is 0 Å². The second-order valence-electron chi connectivity index (χ2n) is 2.41. The molecule has 0 spiro atoms. The van der Waals surface area contributed by atoms with Gasteiger partial charge in [-0.25, -0.2) is 4.39 Å². The van der Waals surface area contributed by atoms with E-state index < -0.39 is 0 Å². The molecule has 2 nitrogen and oxygen atoms in total. The number of halogens is 1. The Labute approximate surface area is 68.2 Å². The molecule has 0 aliphatic heterocycles. The van der Waals surface area contributed by atoms with E-state index in [1.165, 1.54) is 12.3 Å². The Morgan fingerprint density at radius 2 is 2.33 bits per heavy atom. The molecule has 0 unspecified atom stereocenters. The molecule has 0 fully saturated rings.